The largest absolute Gasteiger partial charge is 0.457 e. The molecular weight excluding hydrogens is 604 g/mol. The minimum atomic E-state index is -0.785. The number of aliphatic hydroxyl groups is 2. The van der Waals surface area contributed by atoms with Crippen LogP contribution in [0.5, 0.6) is 11.5 Å². The zero-order valence-corrected chi connectivity index (χ0v) is 31.0. The molecule has 0 aliphatic heterocycles. The zero-order chi connectivity index (χ0) is 35.5. The second-order valence-corrected chi connectivity index (χ2v) is 14.5. The molecule has 4 unspecified atom stereocenters. The first-order valence-electron chi connectivity index (χ1n) is 18.3. The minimum Gasteiger partial charge on any atom is -0.457 e. The van der Waals surface area contributed by atoms with Crippen molar-refractivity contribution in [2.24, 2.45) is 0 Å². The molecule has 2 N–H and O–H groups in total. The van der Waals surface area contributed by atoms with Crippen LogP contribution in [0.25, 0.3) is 0 Å². The van der Waals surface area contributed by atoms with E-state index in [9.17, 15) is 10.2 Å². The van der Waals surface area contributed by atoms with E-state index in [0.717, 1.165) is 48.2 Å². The Morgan fingerprint density at radius 1 is 0.449 bits per heavy atom. The summed E-state index contributed by atoms with van der Waals surface area (Å²) in [5.41, 5.74) is 3.70. The number of ether oxygens (including phenoxy) is 1. The molecule has 0 saturated heterocycles. The maximum atomic E-state index is 12.2. The fourth-order valence-electron chi connectivity index (χ4n) is 7.40. The molecule has 4 atom stereocenters. The predicted molar refractivity (Wildman–Crippen MR) is 204 cm³/mol. The van der Waals surface area contributed by atoms with E-state index < -0.39 is 12.2 Å². The van der Waals surface area contributed by atoms with Gasteiger partial charge in [0.2, 0.25) is 0 Å². The van der Waals surface area contributed by atoms with E-state index in [1.807, 2.05) is 84.9 Å². The van der Waals surface area contributed by atoms with Crippen LogP contribution in [-0.4, -0.2) is 57.3 Å². The topological polar surface area (TPSA) is 56.2 Å². The van der Waals surface area contributed by atoms with Crippen molar-refractivity contribution in [3.63, 3.8) is 0 Å². The van der Waals surface area contributed by atoms with Gasteiger partial charge in [-0.3, -0.25) is 9.80 Å². The number of benzene rings is 4. The number of rotatable bonds is 18. The summed E-state index contributed by atoms with van der Waals surface area (Å²) in [6.07, 6.45) is 0.0282. The van der Waals surface area contributed by atoms with Gasteiger partial charge in [0.05, 0.1) is 12.2 Å². The van der Waals surface area contributed by atoms with Gasteiger partial charge in [0.1, 0.15) is 11.5 Å². The van der Waals surface area contributed by atoms with Gasteiger partial charge in [-0.2, -0.15) is 0 Å². The van der Waals surface area contributed by atoms with E-state index >= 15 is 0 Å². The number of para-hydroxylation sites is 2. The molecule has 0 bridgehead atoms. The summed E-state index contributed by atoms with van der Waals surface area (Å²) in [7, 11) is 0. The van der Waals surface area contributed by atoms with Gasteiger partial charge >= 0.3 is 0 Å². The van der Waals surface area contributed by atoms with Crippen LogP contribution < -0.4 is 4.74 Å². The second kappa shape index (κ2) is 18.5. The second-order valence-electron chi connectivity index (χ2n) is 14.5. The van der Waals surface area contributed by atoms with Crippen LogP contribution in [0.4, 0.5) is 0 Å². The molecule has 0 saturated carbocycles. The molecule has 4 rings (SSSR count). The third kappa shape index (κ3) is 10.3. The predicted octanol–water partition coefficient (Wildman–Crippen LogP) is 10.1. The van der Waals surface area contributed by atoms with E-state index in [4.69, 9.17) is 4.74 Å². The summed E-state index contributed by atoms with van der Waals surface area (Å²) in [5, 5.41) is 24.3. The molecule has 0 aliphatic rings. The Labute approximate surface area is 296 Å². The third-order valence-corrected chi connectivity index (χ3v) is 9.96. The summed E-state index contributed by atoms with van der Waals surface area (Å²) >= 11 is 0. The van der Waals surface area contributed by atoms with Gasteiger partial charge in [-0.05, 0) is 105 Å². The van der Waals surface area contributed by atoms with Crippen LogP contribution in [0.3, 0.4) is 0 Å². The summed E-state index contributed by atoms with van der Waals surface area (Å²) < 4.78 is 6.72. The van der Waals surface area contributed by atoms with Crippen molar-refractivity contribution in [1.29, 1.82) is 0 Å². The number of hydrogen-bond acceptors (Lipinski definition) is 5. The monoisotopic (exact) mass is 664 g/mol. The lowest BCUT2D eigenvalue weighted by Crippen LogP contribution is -2.38. The van der Waals surface area contributed by atoms with Crippen molar-refractivity contribution < 1.29 is 14.9 Å². The summed E-state index contributed by atoms with van der Waals surface area (Å²) in [4.78, 5) is 4.96. The molecule has 4 aromatic carbocycles. The SMILES string of the molecule is CC(C)N(CCC(c1ccccc1)C(O)c1ccccc1Oc1ccccc1C(O)C(CCN(C(C)C)C(C)C)c1ccccc1)C(C)C. The smallest absolute Gasteiger partial charge is 0.133 e. The maximum absolute atomic E-state index is 12.2. The third-order valence-electron chi connectivity index (χ3n) is 9.96. The van der Waals surface area contributed by atoms with E-state index in [-0.39, 0.29) is 11.8 Å². The fourth-order valence-corrected chi connectivity index (χ4v) is 7.40. The van der Waals surface area contributed by atoms with Crippen LogP contribution in [0.1, 0.15) is 115 Å². The highest BCUT2D eigenvalue weighted by molar-refractivity contribution is 5.45. The van der Waals surface area contributed by atoms with Crippen molar-refractivity contribution in [3.05, 3.63) is 131 Å². The van der Waals surface area contributed by atoms with Gasteiger partial charge < -0.3 is 14.9 Å². The van der Waals surface area contributed by atoms with Crippen molar-refractivity contribution in [2.75, 3.05) is 13.1 Å². The lowest BCUT2D eigenvalue weighted by atomic mass is 9.85. The van der Waals surface area contributed by atoms with E-state index in [1.165, 1.54) is 0 Å². The Bertz CT molecular complexity index is 1390. The van der Waals surface area contributed by atoms with Crippen LogP contribution in [-0.2, 0) is 0 Å². The van der Waals surface area contributed by atoms with E-state index in [1.54, 1.807) is 0 Å². The maximum Gasteiger partial charge on any atom is 0.133 e. The summed E-state index contributed by atoms with van der Waals surface area (Å²) in [6, 6.07) is 37.9. The number of aliphatic hydroxyl groups excluding tert-OH is 2. The molecule has 0 fully saturated rings. The molecular formula is C44H60N2O3. The Morgan fingerprint density at radius 3 is 1.08 bits per heavy atom. The quantitative estimate of drug-likeness (QED) is 0.111. The molecule has 4 aromatic rings. The average Bonchev–Trinajstić information content (AvgIpc) is 3.08. The highest BCUT2D eigenvalue weighted by Gasteiger charge is 2.30. The highest BCUT2D eigenvalue weighted by atomic mass is 16.5. The van der Waals surface area contributed by atoms with Crippen molar-refractivity contribution >= 4 is 0 Å². The minimum absolute atomic E-state index is 0.126. The lowest BCUT2D eigenvalue weighted by molar-refractivity contribution is 0.112. The Kier molecular flexibility index (Phi) is 14.5. The van der Waals surface area contributed by atoms with Gasteiger partial charge in [0.25, 0.3) is 0 Å². The molecule has 264 valence electrons. The first-order chi connectivity index (χ1) is 23.5. The fraction of sp³-hybridized carbons (Fsp3) is 0.455. The van der Waals surface area contributed by atoms with Crippen LogP contribution in [0, 0.1) is 0 Å². The lowest BCUT2D eigenvalue weighted by Gasteiger charge is -2.34. The van der Waals surface area contributed by atoms with Gasteiger partial charge in [0, 0.05) is 47.1 Å². The Hall–Kier alpha value is -3.48. The van der Waals surface area contributed by atoms with Crippen LogP contribution in [0.2, 0.25) is 0 Å². The molecule has 49 heavy (non-hydrogen) atoms. The average molecular weight is 665 g/mol. The molecule has 0 radical (unpaired) electrons. The molecule has 0 aromatic heterocycles. The number of hydrogen-bond donors (Lipinski definition) is 2. The first-order valence-corrected chi connectivity index (χ1v) is 18.3. The summed E-state index contributed by atoms with van der Waals surface area (Å²) in [6.45, 7) is 19.6. The molecule has 0 heterocycles. The van der Waals surface area contributed by atoms with Gasteiger partial charge in [-0.1, -0.05) is 97.1 Å². The molecule has 5 nitrogen and oxygen atoms in total. The van der Waals surface area contributed by atoms with Crippen molar-refractivity contribution in [3.8, 4) is 11.5 Å². The van der Waals surface area contributed by atoms with Crippen LogP contribution in [0.15, 0.2) is 109 Å². The Morgan fingerprint density at radius 2 is 0.755 bits per heavy atom. The van der Waals surface area contributed by atoms with Crippen LogP contribution >= 0.6 is 0 Å². The zero-order valence-electron chi connectivity index (χ0n) is 31.0. The normalized spacial score (nSPS) is 14.6. The molecule has 5 heteroatoms. The van der Waals surface area contributed by atoms with Gasteiger partial charge in [-0.25, -0.2) is 0 Å². The Balaban J connectivity index is 1.66. The summed E-state index contributed by atoms with van der Waals surface area (Å²) in [5.74, 6) is 0.947. The van der Waals surface area contributed by atoms with E-state index in [2.05, 4.69) is 89.5 Å². The van der Waals surface area contributed by atoms with Crippen molar-refractivity contribution in [1.82, 2.24) is 9.80 Å². The first kappa shape index (κ1) is 38.3. The number of nitrogens with zero attached hydrogens (tertiary/aromatic N) is 2. The van der Waals surface area contributed by atoms with Crippen molar-refractivity contribution in [2.45, 2.75) is 116 Å². The molecule has 0 aliphatic carbocycles. The van der Waals surface area contributed by atoms with Gasteiger partial charge in [0.15, 0.2) is 0 Å². The standard InChI is InChI=1S/C44H60N2O3/c1-31(2)45(32(3)4)29-27-37(35-19-11-9-12-20-35)43(47)39-23-15-17-25-41(39)49-42-26-18-16-24-40(42)44(48)38(36-21-13-10-14-22-36)28-30-46(33(5)6)34(7)8/h9-26,31-34,37-38,43-44,47-48H,27-30H2,1-8H3. The molecule has 0 amide bonds. The van der Waals surface area contributed by atoms with Gasteiger partial charge in [-0.15, -0.1) is 0 Å². The van der Waals surface area contributed by atoms with E-state index in [0.29, 0.717) is 35.7 Å². The highest BCUT2D eigenvalue weighted by Crippen LogP contribution is 2.43. The molecule has 0 spiro atoms.